The lowest BCUT2D eigenvalue weighted by molar-refractivity contribution is -0.137. The number of carbonyl (C=O) groups excluding carboxylic acids is 2. The van der Waals surface area contributed by atoms with E-state index < -0.39 is 21.9 Å². The fourth-order valence-corrected chi connectivity index (χ4v) is 5.66. The van der Waals surface area contributed by atoms with Crippen molar-refractivity contribution >= 4 is 27.5 Å². The Labute approximate surface area is 153 Å². The molecule has 0 unspecified atom stereocenters. The lowest BCUT2D eigenvalue weighted by Crippen LogP contribution is -2.62. The Kier molecular flexibility index (Phi) is 4.92. The number of anilines is 1. The van der Waals surface area contributed by atoms with E-state index in [1.807, 2.05) is 13.8 Å². The molecule has 1 aromatic rings. The summed E-state index contributed by atoms with van der Waals surface area (Å²) in [6, 6.07) is 2.12. The van der Waals surface area contributed by atoms with E-state index in [4.69, 9.17) is 5.73 Å². The first kappa shape index (κ1) is 18.6. The molecule has 2 N–H and O–H groups in total. The Hall–Kier alpha value is -2.16. The number of nitrogens with zero attached hydrogens (tertiary/aromatic N) is 3. The van der Waals surface area contributed by atoms with Gasteiger partial charge in [0.2, 0.25) is 5.91 Å². The second-order valence-corrected chi connectivity index (χ2v) is 9.52. The summed E-state index contributed by atoms with van der Waals surface area (Å²) in [6.07, 6.45) is 1.77. The van der Waals surface area contributed by atoms with Crippen molar-refractivity contribution in [3.63, 3.8) is 0 Å². The highest BCUT2D eigenvalue weighted by Crippen LogP contribution is 2.29. The number of amides is 2. The highest BCUT2D eigenvalue weighted by atomic mass is 32.2. The van der Waals surface area contributed by atoms with Crippen molar-refractivity contribution in [2.45, 2.75) is 32.4 Å². The first-order chi connectivity index (χ1) is 12.2. The van der Waals surface area contributed by atoms with Gasteiger partial charge in [-0.15, -0.1) is 0 Å². The molecule has 3 rings (SSSR count). The fraction of sp³-hybridized carbons (Fsp3) is 0.588. The zero-order valence-electron chi connectivity index (χ0n) is 15.0. The van der Waals surface area contributed by atoms with E-state index in [1.54, 1.807) is 21.9 Å². The predicted octanol–water partition coefficient (Wildman–Crippen LogP) is 0.160. The number of aromatic nitrogens is 1. The van der Waals surface area contributed by atoms with Crippen molar-refractivity contribution in [2.24, 2.45) is 5.92 Å². The van der Waals surface area contributed by atoms with E-state index >= 15 is 0 Å². The van der Waals surface area contributed by atoms with Crippen molar-refractivity contribution in [1.82, 2.24) is 14.8 Å². The lowest BCUT2D eigenvalue weighted by atomic mass is 10.0. The number of rotatable bonds is 3. The van der Waals surface area contributed by atoms with Crippen LogP contribution in [0, 0.1) is 5.92 Å². The zero-order valence-corrected chi connectivity index (χ0v) is 15.8. The lowest BCUT2D eigenvalue weighted by Gasteiger charge is -2.44. The SMILES string of the molecule is CC(C)CC(=O)N1CCN(C(=O)c2ccc(N)nc2)[C@@H]2CS(=O)(=O)C[C@@H]21. The average molecular weight is 380 g/mol. The molecule has 2 saturated heterocycles. The van der Waals surface area contributed by atoms with Crippen LogP contribution in [0.5, 0.6) is 0 Å². The Morgan fingerprint density at radius 3 is 2.38 bits per heavy atom. The minimum atomic E-state index is -3.30. The third-order valence-electron chi connectivity index (χ3n) is 4.87. The third-order valence-corrected chi connectivity index (χ3v) is 6.57. The number of carbonyl (C=O) groups is 2. The predicted molar refractivity (Wildman–Crippen MR) is 97.1 cm³/mol. The minimum Gasteiger partial charge on any atom is -0.384 e. The molecule has 2 aliphatic rings. The molecule has 8 nitrogen and oxygen atoms in total. The smallest absolute Gasteiger partial charge is 0.255 e. The fourth-order valence-electron chi connectivity index (χ4n) is 3.68. The van der Waals surface area contributed by atoms with Crippen LogP contribution in [-0.2, 0) is 14.6 Å². The molecule has 2 amide bonds. The molecule has 0 aliphatic carbocycles. The number of nitrogen functional groups attached to an aromatic ring is 1. The van der Waals surface area contributed by atoms with E-state index in [-0.39, 0.29) is 29.2 Å². The minimum absolute atomic E-state index is 0.0478. The van der Waals surface area contributed by atoms with Crippen LogP contribution in [0.2, 0.25) is 0 Å². The Balaban J connectivity index is 1.85. The maximum Gasteiger partial charge on any atom is 0.255 e. The summed E-state index contributed by atoms with van der Waals surface area (Å²) in [6.45, 7) is 4.56. The van der Waals surface area contributed by atoms with E-state index in [2.05, 4.69) is 4.98 Å². The number of fused-ring (bicyclic) bond motifs is 1. The average Bonchev–Trinajstić information content (AvgIpc) is 2.88. The maximum atomic E-state index is 12.9. The van der Waals surface area contributed by atoms with Gasteiger partial charge in [-0.3, -0.25) is 9.59 Å². The van der Waals surface area contributed by atoms with Gasteiger partial charge >= 0.3 is 0 Å². The summed E-state index contributed by atoms with van der Waals surface area (Å²) in [7, 11) is -3.30. The largest absolute Gasteiger partial charge is 0.384 e. The van der Waals surface area contributed by atoms with Gasteiger partial charge in [0, 0.05) is 25.7 Å². The molecule has 0 bridgehead atoms. The number of hydrogen-bond donors (Lipinski definition) is 1. The van der Waals surface area contributed by atoms with Gasteiger partial charge in [-0.05, 0) is 18.1 Å². The number of piperazine rings is 1. The van der Waals surface area contributed by atoms with Gasteiger partial charge in [0.15, 0.2) is 9.84 Å². The molecule has 3 heterocycles. The molecule has 26 heavy (non-hydrogen) atoms. The van der Waals surface area contributed by atoms with Crippen LogP contribution in [0.3, 0.4) is 0 Å². The molecular formula is C17H24N4O4S. The highest BCUT2D eigenvalue weighted by molar-refractivity contribution is 7.91. The van der Waals surface area contributed by atoms with Crippen LogP contribution in [0.1, 0.15) is 30.6 Å². The second kappa shape index (κ2) is 6.86. The Morgan fingerprint density at radius 1 is 1.19 bits per heavy atom. The van der Waals surface area contributed by atoms with E-state index in [9.17, 15) is 18.0 Å². The van der Waals surface area contributed by atoms with Crippen LogP contribution in [0.15, 0.2) is 18.3 Å². The van der Waals surface area contributed by atoms with E-state index in [0.717, 1.165) is 0 Å². The van der Waals surface area contributed by atoms with Gasteiger partial charge in [-0.1, -0.05) is 13.8 Å². The maximum absolute atomic E-state index is 12.9. The summed E-state index contributed by atoms with van der Waals surface area (Å²) in [4.78, 5) is 32.6. The van der Waals surface area contributed by atoms with Crippen LogP contribution in [-0.4, -0.2) is 71.7 Å². The van der Waals surface area contributed by atoms with Crippen LogP contribution >= 0.6 is 0 Å². The van der Waals surface area contributed by atoms with Crippen molar-refractivity contribution in [2.75, 3.05) is 30.3 Å². The molecule has 2 atom stereocenters. The van der Waals surface area contributed by atoms with Crippen molar-refractivity contribution in [3.8, 4) is 0 Å². The molecular weight excluding hydrogens is 356 g/mol. The Morgan fingerprint density at radius 2 is 1.81 bits per heavy atom. The molecule has 142 valence electrons. The number of hydrogen-bond acceptors (Lipinski definition) is 6. The zero-order chi connectivity index (χ0) is 19.1. The van der Waals surface area contributed by atoms with Gasteiger partial charge in [0.05, 0.1) is 29.2 Å². The summed E-state index contributed by atoms with van der Waals surface area (Å²) < 4.78 is 24.5. The van der Waals surface area contributed by atoms with Gasteiger partial charge in [0.1, 0.15) is 5.82 Å². The van der Waals surface area contributed by atoms with Gasteiger partial charge in [0.25, 0.3) is 5.91 Å². The topological polar surface area (TPSA) is 114 Å². The molecule has 0 radical (unpaired) electrons. The summed E-state index contributed by atoms with van der Waals surface area (Å²) in [5.74, 6) is -0.0249. The first-order valence-corrected chi connectivity index (χ1v) is 10.5. The third kappa shape index (κ3) is 3.67. The van der Waals surface area contributed by atoms with Crippen molar-refractivity contribution < 1.29 is 18.0 Å². The normalized spacial score (nSPS) is 24.6. The van der Waals surface area contributed by atoms with Crippen LogP contribution < -0.4 is 5.73 Å². The molecule has 2 aliphatic heterocycles. The molecule has 2 fully saturated rings. The molecule has 1 aromatic heterocycles. The Bertz CT molecular complexity index is 807. The number of sulfone groups is 1. The second-order valence-electron chi connectivity index (χ2n) is 7.37. The van der Waals surface area contributed by atoms with Crippen molar-refractivity contribution in [1.29, 1.82) is 0 Å². The van der Waals surface area contributed by atoms with Crippen LogP contribution in [0.25, 0.3) is 0 Å². The number of nitrogens with two attached hydrogens (primary N) is 1. The molecule has 9 heteroatoms. The number of pyridine rings is 1. The molecule has 0 saturated carbocycles. The van der Waals surface area contributed by atoms with Crippen molar-refractivity contribution in [3.05, 3.63) is 23.9 Å². The first-order valence-electron chi connectivity index (χ1n) is 8.70. The van der Waals surface area contributed by atoms with Gasteiger partial charge in [-0.2, -0.15) is 0 Å². The monoisotopic (exact) mass is 380 g/mol. The highest BCUT2D eigenvalue weighted by Gasteiger charge is 2.49. The summed E-state index contributed by atoms with van der Waals surface area (Å²) in [5, 5.41) is 0. The van der Waals surface area contributed by atoms with E-state index in [0.29, 0.717) is 30.9 Å². The quantitative estimate of drug-likeness (QED) is 0.799. The standard InChI is InChI=1S/C17H24N4O4S/c1-11(2)7-16(22)20-5-6-21(14-10-26(24,25)9-13(14)20)17(23)12-3-4-15(18)19-8-12/h3-4,8,11,13-14H,5-7,9-10H2,1-2H3,(H2,18,19)/t13-,14+/m0/s1. The van der Waals surface area contributed by atoms with Gasteiger partial charge in [-0.25, -0.2) is 13.4 Å². The summed E-state index contributed by atoms with van der Waals surface area (Å²) >= 11 is 0. The van der Waals surface area contributed by atoms with E-state index in [1.165, 1.54) is 6.20 Å². The summed E-state index contributed by atoms with van der Waals surface area (Å²) in [5.41, 5.74) is 5.92. The van der Waals surface area contributed by atoms with Gasteiger partial charge < -0.3 is 15.5 Å². The van der Waals surface area contributed by atoms with Crippen LogP contribution in [0.4, 0.5) is 5.82 Å². The molecule has 0 spiro atoms. The molecule has 0 aromatic carbocycles.